The summed E-state index contributed by atoms with van der Waals surface area (Å²) < 4.78 is 2.24. The highest BCUT2D eigenvalue weighted by molar-refractivity contribution is 5.91. The van der Waals surface area contributed by atoms with Gasteiger partial charge in [0, 0.05) is 30.6 Å². The Hall–Kier alpha value is -2.17. The van der Waals surface area contributed by atoms with Crippen molar-refractivity contribution in [3.05, 3.63) is 30.1 Å². The van der Waals surface area contributed by atoms with Gasteiger partial charge in [0.15, 0.2) is 5.82 Å². The third-order valence-corrected chi connectivity index (χ3v) is 4.23. The number of hydrogen-bond donors (Lipinski definition) is 1. The molecule has 1 aromatic heterocycles. The van der Waals surface area contributed by atoms with E-state index in [9.17, 15) is 4.79 Å². The molecule has 0 atom stereocenters. The largest absolute Gasteiger partial charge is 0.326 e. The summed E-state index contributed by atoms with van der Waals surface area (Å²) in [6.45, 7) is 7.17. The number of benzene rings is 1. The quantitative estimate of drug-likeness (QED) is 0.926. The molecule has 1 aliphatic rings. The first kappa shape index (κ1) is 16.7. The van der Waals surface area contributed by atoms with Crippen LogP contribution in [0.5, 0.6) is 0 Å². The molecule has 1 N–H and O–H groups in total. The molecule has 2 heterocycles. The fourth-order valence-corrected chi connectivity index (χ4v) is 3.09. The highest BCUT2D eigenvalue weighted by Gasteiger charge is 2.17. The Morgan fingerprint density at radius 2 is 1.88 bits per heavy atom. The number of hydrogen-bond acceptors (Lipinski definition) is 3. The van der Waals surface area contributed by atoms with Crippen molar-refractivity contribution in [2.75, 3.05) is 5.32 Å². The van der Waals surface area contributed by atoms with Crippen molar-refractivity contribution in [2.45, 2.75) is 59.4 Å². The molecule has 0 bridgehead atoms. The topological polar surface area (TPSA) is 59.8 Å². The molecule has 0 radical (unpaired) electrons. The van der Waals surface area contributed by atoms with E-state index >= 15 is 0 Å². The average Bonchev–Trinajstić information content (AvgIpc) is 2.75. The van der Waals surface area contributed by atoms with Gasteiger partial charge in [0.05, 0.1) is 0 Å². The molecule has 0 spiro atoms. The van der Waals surface area contributed by atoms with Gasteiger partial charge in [-0.1, -0.05) is 27.2 Å². The van der Waals surface area contributed by atoms with Gasteiger partial charge < -0.3 is 9.88 Å². The number of fused-ring (bicyclic) bond motifs is 1. The van der Waals surface area contributed by atoms with Crippen molar-refractivity contribution in [1.29, 1.82) is 0 Å². The second kappa shape index (κ2) is 6.75. The third-order valence-electron chi connectivity index (χ3n) is 4.23. The number of aryl methyl sites for hydroxylation is 1. The van der Waals surface area contributed by atoms with Gasteiger partial charge in [0.25, 0.3) is 0 Å². The second-order valence-corrected chi connectivity index (χ2v) is 7.77. The second-order valence-electron chi connectivity index (χ2n) is 7.77. The van der Waals surface area contributed by atoms with Gasteiger partial charge >= 0.3 is 0 Å². The van der Waals surface area contributed by atoms with Gasteiger partial charge in [0.2, 0.25) is 5.91 Å². The minimum Gasteiger partial charge on any atom is -0.326 e. The third kappa shape index (κ3) is 4.02. The Labute approximate surface area is 143 Å². The van der Waals surface area contributed by atoms with E-state index in [-0.39, 0.29) is 11.3 Å². The first-order valence-electron chi connectivity index (χ1n) is 8.75. The molecular weight excluding hydrogens is 300 g/mol. The Morgan fingerprint density at radius 1 is 1.12 bits per heavy atom. The zero-order valence-electron chi connectivity index (χ0n) is 14.8. The number of rotatable bonds is 3. The highest BCUT2D eigenvalue weighted by atomic mass is 16.1. The summed E-state index contributed by atoms with van der Waals surface area (Å²) in [6.07, 6.45) is 5.14. The van der Waals surface area contributed by atoms with E-state index in [4.69, 9.17) is 0 Å². The highest BCUT2D eigenvalue weighted by Crippen LogP contribution is 2.24. The van der Waals surface area contributed by atoms with Gasteiger partial charge in [-0.25, -0.2) is 0 Å². The molecule has 1 aliphatic heterocycles. The monoisotopic (exact) mass is 326 g/mol. The van der Waals surface area contributed by atoms with Crippen LogP contribution in [0.25, 0.3) is 11.4 Å². The minimum absolute atomic E-state index is 0.0108. The fourth-order valence-electron chi connectivity index (χ4n) is 3.09. The summed E-state index contributed by atoms with van der Waals surface area (Å²) in [4.78, 5) is 12.0. The molecular formula is C19H26N4O. The lowest BCUT2D eigenvalue weighted by Crippen LogP contribution is -2.19. The maximum Gasteiger partial charge on any atom is 0.224 e. The molecule has 0 aliphatic carbocycles. The molecule has 2 aromatic rings. The van der Waals surface area contributed by atoms with Crippen LogP contribution >= 0.6 is 0 Å². The van der Waals surface area contributed by atoms with E-state index in [0.717, 1.165) is 35.9 Å². The van der Waals surface area contributed by atoms with Crippen LogP contribution in [0.3, 0.4) is 0 Å². The van der Waals surface area contributed by atoms with Gasteiger partial charge in [0.1, 0.15) is 5.82 Å². The van der Waals surface area contributed by atoms with Crippen molar-refractivity contribution < 1.29 is 4.79 Å². The Bertz CT molecular complexity index is 710. The number of aromatic nitrogens is 3. The van der Waals surface area contributed by atoms with Crippen LogP contribution in [0.2, 0.25) is 0 Å². The molecule has 24 heavy (non-hydrogen) atoms. The number of nitrogens with zero attached hydrogens (tertiary/aromatic N) is 3. The van der Waals surface area contributed by atoms with Crippen LogP contribution < -0.4 is 5.32 Å². The first-order valence-corrected chi connectivity index (χ1v) is 8.75. The predicted octanol–water partition coefficient (Wildman–Crippen LogP) is 4.05. The SMILES string of the molecule is CC(C)(C)CC(=O)Nc1ccc(-c2nnc3n2CCCCC3)cc1. The maximum atomic E-state index is 12.0. The van der Waals surface area contributed by atoms with Crippen LogP contribution in [0.1, 0.15) is 52.3 Å². The molecule has 1 aromatic carbocycles. The predicted molar refractivity (Wildman–Crippen MR) is 95.7 cm³/mol. The van der Waals surface area contributed by atoms with Crippen molar-refractivity contribution >= 4 is 11.6 Å². The standard InChI is InChI=1S/C19H26N4O/c1-19(2,3)13-17(24)20-15-10-8-14(9-11-15)18-22-21-16-7-5-4-6-12-23(16)18/h8-11H,4-7,12-13H2,1-3H3,(H,20,24). The van der Waals surface area contributed by atoms with Crippen LogP contribution in [-0.4, -0.2) is 20.7 Å². The van der Waals surface area contributed by atoms with Crippen molar-refractivity contribution in [3.8, 4) is 11.4 Å². The first-order chi connectivity index (χ1) is 11.4. The number of nitrogens with one attached hydrogen (secondary N) is 1. The lowest BCUT2D eigenvalue weighted by atomic mass is 9.92. The van der Waals surface area contributed by atoms with E-state index in [2.05, 4.69) is 40.9 Å². The maximum absolute atomic E-state index is 12.0. The van der Waals surface area contributed by atoms with E-state index < -0.39 is 0 Å². The number of anilines is 1. The van der Waals surface area contributed by atoms with Crippen LogP contribution in [0, 0.1) is 5.41 Å². The molecule has 0 unspecified atom stereocenters. The Balaban J connectivity index is 1.73. The Kier molecular flexibility index (Phi) is 4.69. The van der Waals surface area contributed by atoms with E-state index in [0.29, 0.717) is 6.42 Å². The van der Waals surface area contributed by atoms with E-state index in [1.807, 2.05) is 24.3 Å². The summed E-state index contributed by atoms with van der Waals surface area (Å²) in [7, 11) is 0. The number of carbonyl (C=O) groups is 1. The smallest absolute Gasteiger partial charge is 0.224 e. The van der Waals surface area contributed by atoms with Crippen LogP contribution in [0.4, 0.5) is 5.69 Å². The summed E-state index contributed by atoms with van der Waals surface area (Å²) in [5, 5.41) is 11.7. The summed E-state index contributed by atoms with van der Waals surface area (Å²) in [5.74, 6) is 2.07. The van der Waals surface area contributed by atoms with Crippen LogP contribution in [-0.2, 0) is 17.8 Å². The van der Waals surface area contributed by atoms with E-state index in [1.54, 1.807) is 0 Å². The fraction of sp³-hybridized carbons (Fsp3) is 0.526. The normalized spacial score (nSPS) is 14.8. The van der Waals surface area contributed by atoms with Crippen molar-refractivity contribution in [3.63, 3.8) is 0 Å². The van der Waals surface area contributed by atoms with Gasteiger partial charge in [-0.05, 0) is 42.5 Å². The summed E-state index contributed by atoms with van der Waals surface area (Å²) in [5.41, 5.74) is 1.86. The molecule has 0 fully saturated rings. The van der Waals surface area contributed by atoms with Crippen molar-refractivity contribution in [1.82, 2.24) is 14.8 Å². The van der Waals surface area contributed by atoms with Gasteiger partial charge in [-0.2, -0.15) is 0 Å². The summed E-state index contributed by atoms with van der Waals surface area (Å²) >= 11 is 0. The molecule has 1 amide bonds. The zero-order chi connectivity index (χ0) is 17.2. The molecule has 5 heteroatoms. The number of amides is 1. The zero-order valence-corrected chi connectivity index (χ0v) is 14.8. The van der Waals surface area contributed by atoms with Crippen molar-refractivity contribution in [2.24, 2.45) is 5.41 Å². The lowest BCUT2D eigenvalue weighted by Gasteiger charge is -2.17. The molecule has 5 nitrogen and oxygen atoms in total. The molecule has 0 saturated heterocycles. The summed E-state index contributed by atoms with van der Waals surface area (Å²) in [6, 6.07) is 7.90. The van der Waals surface area contributed by atoms with E-state index in [1.165, 1.54) is 19.3 Å². The Morgan fingerprint density at radius 3 is 2.58 bits per heavy atom. The number of carbonyl (C=O) groups excluding carboxylic acids is 1. The minimum atomic E-state index is -0.0108. The molecule has 0 saturated carbocycles. The molecule has 128 valence electrons. The molecule has 3 rings (SSSR count). The average molecular weight is 326 g/mol. The van der Waals surface area contributed by atoms with Gasteiger partial charge in [-0.15, -0.1) is 10.2 Å². The van der Waals surface area contributed by atoms with Crippen LogP contribution in [0.15, 0.2) is 24.3 Å². The van der Waals surface area contributed by atoms with Gasteiger partial charge in [-0.3, -0.25) is 4.79 Å². The lowest BCUT2D eigenvalue weighted by molar-refractivity contribution is -0.117.